The van der Waals surface area contributed by atoms with Crippen LogP contribution < -0.4 is 4.74 Å². The van der Waals surface area contributed by atoms with Crippen LogP contribution in [0.4, 0.5) is 0 Å². The van der Waals surface area contributed by atoms with Gasteiger partial charge in [-0.3, -0.25) is 9.97 Å². The van der Waals surface area contributed by atoms with E-state index >= 15 is 0 Å². The fourth-order valence-corrected chi connectivity index (χ4v) is 4.51. The zero-order valence-electron chi connectivity index (χ0n) is 24.2. The maximum absolute atomic E-state index is 11.5. The molecule has 0 fully saturated rings. The Hall–Kier alpha value is -3.82. The second-order valence-corrected chi connectivity index (χ2v) is 11.9. The SMILES string of the molecule is CC(C)(C)c1cc(-c2cnc(-c3ccccc3)c(-c3[c-]c(Oc4ccccn4)ccc3)n2)c(O)c(C(C)(C)C)c1.[Pt]. The van der Waals surface area contributed by atoms with E-state index < -0.39 is 0 Å². The number of pyridine rings is 1. The van der Waals surface area contributed by atoms with Crippen molar-refractivity contribution < 1.29 is 30.9 Å². The zero-order valence-corrected chi connectivity index (χ0v) is 26.4. The Labute approximate surface area is 257 Å². The van der Waals surface area contributed by atoms with Gasteiger partial charge in [-0.1, -0.05) is 90.1 Å². The molecule has 5 rings (SSSR count). The van der Waals surface area contributed by atoms with E-state index in [1.807, 2.05) is 66.7 Å². The molecule has 5 nitrogen and oxygen atoms in total. The largest absolute Gasteiger partial charge is 0.507 e. The summed E-state index contributed by atoms with van der Waals surface area (Å²) in [5, 5.41) is 11.5. The number of aromatic hydroxyl groups is 1. The van der Waals surface area contributed by atoms with Gasteiger partial charge in [0.1, 0.15) is 5.75 Å². The molecule has 1 N–H and O–H groups in total. The number of hydrogen-bond acceptors (Lipinski definition) is 5. The summed E-state index contributed by atoms with van der Waals surface area (Å²) in [6.45, 7) is 12.8. The molecule has 0 saturated heterocycles. The third kappa shape index (κ3) is 6.74. The molecule has 0 aliphatic carbocycles. The van der Waals surface area contributed by atoms with Crippen molar-refractivity contribution in [1.29, 1.82) is 0 Å². The molecule has 0 bridgehead atoms. The maximum Gasteiger partial charge on any atom is 0.217 e. The van der Waals surface area contributed by atoms with Gasteiger partial charge in [-0.15, -0.1) is 23.8 Å². The van der Waals surface area contributed by atoms with Crippen molar-refractivity contribution in [3.05, 3.63) is 108 Å². The fraction of sp³-hybridized carbons (Fsp3) is 0.229. The Balaban J connectivity index is 0.00000387. The van der Waals surface area contributed by atoms with Gasteiger partial charge in [-0.25, -0.2) is 4.98 Å². The van der Waals surface area contributed by atoms with Crippen LogP contribution in [0, 0.1) is 6.07 Å². The van der Waals surface area contributed by atoms with Crippen LogP contribution in [0.25, 0.3) is 33.8 Å². The Kier molecular flexibility index (Phi) is 8.79. The van der Waals surface area contributed by atoms with Gasteiger partial charge in [0, 0.05) is 55.9 Å². The van der Waals surface area contributed by atoms with Gasteiger partial charge < -0.3 is 9.84 Å². The van der Waals surface area contributed by atoms with Crippen LogP contribution in [-0.4, -0.2) is 20.1 Å². The van der Waals surface area contributed by atoms with Gasteiger partial charge in [-0.2, -0.15) is 0 Å². The fourth-order valence-electron chi connectivity index (χ4n) is 4.51. The molecule has 0 atom stereocenters. The van der Waals surface area contributed by atoms with E-state index in [0.29, 0.717) is 28.6 Å². The maximum atomic E-state index is 11.5. The topological polar surface area (TPSA) is 68.1 Å². The smallest absolute Gasteiger partial charge is 0.217 e. The monoisotopic (exact) mass is 723 g/mol. The summed E-state index contributed by atoms with van der Waals surface area (Å²) >= 11 is 0. The van der Waals surface area contributed by atoms with Crippen molar-refractivity contribution in [2.75, 3.05) is 0 Å². The van der Waals surface area contributed by atoms with E-state index in [1.165, 1.54) is 0 Å². The van der Waals surface area contributed by atoms with Crippen molar-refractivity contribution in [3.8, 4) is 51.2 Å². The van der Waals surface area contributed by atoms with E-state index in [2.05, 4.69) is 58.7 Å². The molecule has 0 unspecified atom stereocenters. The van der Waals surface area contributed by atoms with Gasteiger partial charge in [0.15, 0.2) is 0 Å². The van der Waals surface area contributed by atoms with Crippen molar-refractivity contribution in [3.63, 3.8) is 0 Å². The van der Waals surface area contributed by atoms with E-state index in [-0.39, 0.29) is 37.6 Å². The number of phenols is 1. The van der Waals surface area contributed by atoms with Gasteiger partial charge in [0.2, 0.25) is 5.88 Å². The van der Waals surface area contributed by atoms with E-state index in [0.717, 1.165) is 27.9 Å². The van der Waals surface area contributed by atoms with Gasteiger partial charge >= 0.3 is 0 Å². The van der Waals surface area contributed by atoms with Crippen molar-refractivity contribution in [2.24, 2.45) is 0 Å². The van der Waals surface area contributed by atoms with E-state index in [1.54, 1.807) is 18.5 Å². The van der Waals surface area contributed by atoms with Crippen LogP contribution in [-0.2, 0) is 31.9 Å². The second kappa shape index (κ2) is 12.0. The molecule has 212 valence electrons. The first-order chi connectivity index (χ1) is 19.0. The predicted octanol–water partition coefficient (Wildman–Crippen LogP) is 8.76. The molecule has 2 heterocycles. The predicted molar refractivity (Wildman–Crippen MR) is 161 cm³/mol. The van der Waals surface area contributed by atoms with Crippen LogP contribution in [0.5, 0.6) is 17.4 Å². The normalized spacial score (nSPS) is 11.6. The number of benzene rings is 3. The molecule has 0 radical (unpaired) electrons. The molecule has 6 heteroatoms. The summed E-state index contributed by atoms with van der Waals surface area (Å²) in [6, 6.07) is 28.7. The Bertz CT molecular complexity index is 1640. The molecule has 3 aromatic carbocycles. The first kappa shape index (κ1) is 30.1. The molecule has 0 aliphatic heterocycles. The first-order valence-corrected chi connectivity index (χ1v) is 13.4. The van der Waals surface area contributed by atoms with E-state index in [9.17, 15) is 5.11 Å². The number of aromatic nitrogens is 3. The molecule has 0 spiro atoms. The number of hydrogen-bond donors (Lipinski definition) is 1. The summed E-state index contributed by atoms with van der Waals surface area (Å²) in [6.07, 6.45) is 3.43. The Morgan fingerprint density at radius 3 is 2.15 bits per heavy atom. The molecular formula is C35H34N3O2Pt-. The quantitative estimate of drug-likeness (QED) is 0.184. The first-order valence-electron chi connectivity index (χ1n) is 13.4. The van der Waals surface area contributed by atoms with Crippen LogP contribution in [0.2, 0.25) is 0 Å². The summed E-state index contributed by atoms with van der Waals surface area (Å²) in [4.78, 5) is 14.3. The number of rotatable bonds is 5. The van der Waals surface area contributed by atoms with Gasteiger partial charge in [0.05, 0.1) is 17.6 Å². The van der Waals surface area contributed by atoms with Crippen molar-refractivity contribution in [1.82, 2.24) is 15.0 Å². The summed E-state index contributed by atoms with van der Waals surface area (Å²) in [5.41, 5.74) is 5.90. The van der Waals surface area contributed by atoms with Gasteiger partial charge in [-0.05, 0) is 34.1 Å². The minimum atomic E-state index is -0.259. The minimum absolute atomic E-state index is 0. The third-order valence-electron chi connectivity index (χ3n) is 6.76. The van der Waals surface area contributed by atoms with Crippen molar-refractivity contribution in [2.45, 2.75) is 52.4 Å². The number of nitrogens with zero attached hydrogens (tertiary/aromatic N) is 3. The van der Waals surface area contributed by atoms with Gasteiger partial charge in [0.25, 0.3) is 0 Å². The molecule has 0 amide bonds. The molecule has 41 heavy (non-hydrogen) atoms. The number of ether oxygens (including phenoxy) is 1. The second-order valence-electron chi connectivity index (χ2n) is 11.9. The third-order valence-corrected chi connectivity index (χ3v) is 6.76. The molecule has 0 aliphatic rings. The summed E-state index contributed by atoms with van der Waals surface area (Å²) in [5.74, 6) is 1.23. The molecular weight excluding hydrogens is 689 g/mol. The molecule has 5 aromatic rings. The zero-order chi connectivity index (χ0) is 28.5. The average molecular weight is 724 g/mol. The average Bonchev–Trinajstić information content (AvgIpc) is 2.93. The van der Waals surface area contributed by atoms with Crippen LogP contribution in [0.3, 0.4) is 0 Å². The summed E-state index contributed by atoms with van der Waals surface area (Å²) in [7, 11) is 0. The van der Waals surface area contributed by atoms with Crippen LogP contribution in [0.15, 0.2) is 91.3 Å². The Morgan fingerprint density at radius 2 is 1.49 bits per heavy atom. The molecule has 0 saturated carbocycles. The van der Waals surface area contributed by atoms with Crippen molar-refractivity contribution >= 4 is 0 Å². The summed E-state index contributed by atoms with van der Waals surface area (Å²) < 4.78 is 5.97. The van der Waals surface area contributed by atoms with Crippen LogP contribution >= 0.6 is 0 Å². The standard InChI is InChI=1S/C35H34N3O2.Pt/c1-34(2,3)25-20-27(33(39)28(21-25)35(4,5)6)29-22-37-31(23-13-8-7-9-14-23)32(38-29)24-15-12-16-26(19-24)40-30-17-10-11-18-36-30;/h7-18,20-22,39H,1-6H3;/q-1;. The molecule has 2 aromatic heterocycles. The van der Waals surface area contributed by atoms with E-state index in [4.69, 9.17) is 14.7 Å². The van der Waals surface area contributed by atoms with Crippen LogP contribution in [0.1, 0.15) is 52.7 Å². The Morgan fingerprint density at radius 1 is 0.756 bits per heavy atom. The number of phenolic OH excluding ortho intramolecular Hbond substituents is 1. The minimum Gasteiger partial charge on any atom is -0.507 e.